The van der Waals surface area contributed by atoms with E-state index in [0.717, 1.165) is 31.7 Å². The van der Waals surface area contributed by atoms with Crippen molar-refractivity contribution in [3.8, 4) is 0 Å². The Bertz CT molecular complexity index is 293. The quantitative estimate of drug-likeness (QED) is 0.684. The molecule has 90 valence electrons. The van der Waals surface area contributed by atoms with Crippen LogP contribution in [0.4, 0.5) is 11.8 Å². The van der Waals surface area contributed by atoms with E-state index in [9.17, 15) is 0 Å². The summed E-state index contributed by atoms with van der Waals surface area (Å²) in [6.45, 7) is 4.00. The van der Waals surface area contributed by atoms with E-state index in [1.54, 1.807) is 6.20 Å². The smallest absolute Gasteiger partial charge is 0.224 e. The van der Waals surface area contributed by atoms with Crippen molar-refractivity contribution < 1.29 is 0 Å². The van der Waals surface area contributed by atoms with Gasteiger partial charge in [-0.2, -0.15) is 16.7 Å². The summed E-state index contributed by atoms with van der Waals surface area (Å²) in [6, 6.07) is 1.90. The molecule has 1 heterocycles. The fourth-order valence-electron chi connectivity index (χ4n) is 1.21. The lowest BCUT2D eigenvalue weighted by atomic mass is 10.4. The third-order valence-electron chi connectivity index (χ3n) is 2.02. The SMILES string of the molecule is CCCNc1nccc(NCCCSC)n1. The number of rotatable bonds is 8. The average Bonchev–Trinajstić information content (AvgIpc) is 2.33. The maximum Gasteiger partial charge on any atom is 0.224 e. The van der Waals surface area contributed by atoms with E-state index < -0.39 is 0 Å². The Hall–Kier alpha value is -0.970. The molecule has 0 bridgehead atoms. The standard InChI is InChI=1S/C11H20N4S/c1-3-6-13-11-14-8-5-10(15-11)12-7-4-9-16-2/h5,8H,3-4,6-7,9H2,1-2H3,(H2,12,13,14,15). The molecule has 0 spiro atoms. The molecule has 2 N–H and O–H groups in total. The zero-order chi connectivity index (χ0) is 11.6. The average molecular weight is 240 g/mol. The molecule has 0 atom stereocenters. The summed E-state index contributed by atoms with van der Waals surface area (Å²) in [7, 11) is 0. The monoisotopic (exact) mass is 240 g/mol. The normalized spacial score (nSPS) is 10.1. The molecule has 0 unspecified atom stereocenters. The van der Waals surface area contributed by atoms with Crippen LogP contribution in [0.5, 0.6) is 0 Å². The van der Waals surface area contributed by atoms with Crippen LogP contribution in [0.2, 0.25) is 0 Å². The van der Waals surface area contributed by atoms with Crippen LogP contribution in [0.3, 0.4) is 0 Å². The van der Waals surface area contributed by atoms with Gasteiger partial charge in [0.15, 0.2) is 0 Å². The number of nitrogens with one attached hydrogen (secondary N) is 2. The minimum Gasteiger partial charge on any atom is -0.370 e. The van der Waals surface area contributed by atoms with Crippen LogP contribution in [0.1, 0.15) is 19.8 Å². The zero-order valence-electron chi connectivity index (χ0n) is 9.99. The second kappa shape index (κ2) is 8.21. The maximum absolute atomic E-state index is 4.37. The van der Waals surface area contributed by atoms with Crippen molar-refractivity contribution in [3.05, 3.63) is 12.3 Å². The van der Waals surface area contributed by atoms with Crippen LogP contribution < -0.4 is 10.6 Å². The molecule has 0 saturated carbocycles. The molecule has 0 aromatic carbocycles. The lowest BCUT2D eigenvalue weighted by Gasteiger charge is -2.07. The number of aromatic nitrogens is 2. The number of hydrogen-bond acceptors (Lipinski definition) is 5. The van der Waals surface area contributed by atoms with E-state index in [0.29, 0.717) is 5.95 Å². The van der Waals surface area contributed by atoms with Gasteiger partial charge in [-0.25, -0.2) is 4.98 Å². The second-order valence-electron chi connectivity index (χ2n) is 3.47. The summed E-state index contributed by atoms with van der Waals surface area (Å²) >= 11 is 1.87. The first kappa shape index (κ1) is 13.1. The molecule has 0 aliphatic rings. The van der Waals surface area contributed by atoms with Crippen LogP contribution in [-0.2, 0) is 0 Å². The largest absolute Gasteiger partial charge is 0.370 e. The van der Waals surface area contributed by atoms with Gasteiger partial charge in [0.25, 0.3) is 0 Å². The molecule has 1 aromatic heterocycles. The first-order chi connectivity index (χ1) is 7.86. The molecule has 0 amide bonds. The Morgan fingerprint density at radius 1 is 1.31 bits per heavy atom. The molecule has 1 rings (SSSR count). The van der Waals surface area contributed by atoms with Crippen molar-refractivity contribution in [3.63, 3.8) is 0 Å². The predicted octanol–water partition coefficient (Wildman–Crippen LogP) is 2.46. The molecule has 0 aliphatic heterocycles. The number of anilines is 2. The van der Waals surface area contributed by atoms with E-state index in [1.807, 2.05) is 17.8 Å². The second-order valence-corrected chi connectivity index (χ2v) is 4.45. The van der Waals surface area contributed by atoms with E-state index in [4.69, 9.17) is 0 Å². The molecular formula is C11H20N4S. The molecule has 0 aliphatic carbocycles. The molecule has 5 heteroatoms. The zero-order valence-corrected chi connectivity index (χ0v) is 10.8. The number of hydrogen-bond donors (Lipinski definition) is 2. The molecule has 16 heavy (non-hydrogen) atoms. The van der Waals surface area contributed by atoms with Crippen molar-refractivity contribution in [2.24, 2.45) is 0 Å². The predicted molar refractivity (Wildman–Crippen MR) is 72.3 cm³/mol. The lowest BCUT2D eigenvalue weighted by molar-refractivity contribution is 0.943. The molecule has 4 nitrogen and oxygen atoms in total. The molecular weight excluding hydrogens is 220 g/mol. The van der Waals surface area contributed by atoms with Crippen LogP contribution in [0.25, 0.3) is 0 Å². The van der Waals surface area contributed by atoms with Gasteiger partial charge in [0.2, 0.25) is 5.95 Å². The van der Waals surface area contributed by atoms with E-state index >= 15 is 0 Å². The van der Waals surface area contributed by atoms with Gasteiger partial charge in [0.05, 0.1) is 0 Å². The summed E-state index contributed by atoms with van der Waals surface area (Å²) in [6.07, 6.45) is 6.14. The van der Waals surface area contributed by atoms with Gasteiger partial charge >= 0.3 is 0 Å². The van der Waals surface area contributed by atoms with Crippen molar-refractivity contribution in [2.75, 3.05) is 35.7 Å². The fourth-order valence-corrected chi connectivity index (χ4v) is 1.65. The third kappa shape index (κ3) is 5.21. The fraction of sp³-hybridized carbons (Fsp3) is 0.636. The Morgan fingerprint density at radius 2 is 2.19 bits per heavy atom. The van der Waals surface area contributed by atoms with Crippen LogP contribution in [0.15, 0.2) is 12.3 Å². The Morgan fingerprint density at radius 3 is 2.94 bits per heavy atom. The van der Waals surface area contributed by atoms with Crippen molar-refractivity contribution in [1.82, 2.24) is 9.97 Å². The van der Waals surface area contributed by atoms with Crippen LogP contribution in [-0.4, -0.2) is 35.1 Å². The molecule has 0 radical (unpaired) electrons. The van der Waals surface area contributed by atoms with Gasteiger partial charge in [-0.3, -0.25) is 0 Å². The first-order valence-corrected chi connectivity index (χ1v) is 7.06. The number of thioether (sulfide) groups is 1. The Balaban J connectivity index is 2.35. The molecule has 0 saturated heterocycles. The van der Waals surface area contributed by atoms with Crippen molar-refractivity contribution >= 4 is 23.5 Å². The van der Waals surface area contributed by atoms with E-state index in [-0.39, 0.29) is 0 Å². The summed E-state index contributed by atoms with van der Waals surface area (Å²) in [4.78, 5) is 8.52. The van der Waals surface area contributed by atoms with Gasteiger partial charge in [-0.05, 0) is 30.9 Å². The van der Waals surface area contributed by atoms with Gasteiger partial charge in [0, 0.05) is 19.3 Å². The van der Waals surface area contributed by atoms with Crippen molar-refractivity contribution in [2.45, 2.75) is 19.8 Å². The van der Waals surface area contributed by atoms with Gasteiger partial charge < -0.3 is 10.6 Å². The van der Waals surface area contributed by atoms with E-state index in [2.05, 4.69) is 33.8 Å². The summed E-state index contributed by atoms with van der Waals surface area (Å²) in [5, 5.41) is 6.46. The van der Waals surface area contributed by atoms with Crippen molar-refractivity contribution in [1.29, 1.82) is 0 Å². The van der Waals surface area contributed by atoms with Crippen LogP contribution in [0, 0.1) is 0 Å². The highest BCUT2D eigenvalue weighted by molar-refractivity contribution is 7.98. The van der Waals surface area contributed by atoms with Gasteiger partial charge in [0.1, 0.15) is 5.82 Å². The minimum atomic E-state index is 0.705. The summed E-state index contributed by atoms with van der Waals surface area (Å²) in [5.74, 6) is 2.78. The molecule has 0 fully saturated rings. The molecule has 1 aromatic rings. The van der Waals surface area contributed by atoms with Crippen LogP contribution >= 0.6 is 11.8 Å². The number of nitrogens with zero attached hydrogens (tertiary/aromatic N) is 2. The first-order valence-electron chi connectivity index (χ1n) is 5.66. The highest BCUT2D eigenvalue weighted by Gasteiger charge is 1.97. The maximum atomic E-state index is 4.37. The Labute approximate surface area is 102 Å². The highest BCUT2D eigenvalue weighted by Crippen LogP contribution is 2.06. The third-order valence-corrected chi connectivity index (χ3v) is 2.72. The van der Waals surface area contributed by atoms with Gasteiger partial charge in [-0.1, -0.05) is 6.92 Å². The highest BCUT2D eigenvalue weighted by atomic mass is 32.2. The summed E-state index contributed by atoms with van der Waals surface area (Å²) in [5.41, 5.74) is 0. The Kier molecular flexibility index (Phi) is 6.72. The van der Waals surface area contributed by atoms with E-state index in [1.165, 1.54) is 5.75 Å². The van der Waals surface area contributed by atoms with Gasteiger partial charge in [-0.15, -0.1) is 0 Å². The minimum absolute atomic E-state index is 0.705. The lowest BCUT2D eigenvalue weighted by Crippen LogP contribution is -2.08. The summed E-state index contributed by atoms with van der Waals surface area (Å²) < 4.78 is 0. The topological polar surface area (TPSA) is 49.8 Å².